The molecule has 1 aliphatic rings. The van der Waals surface area contributed by atoms with E-state index in [-0.39, 0.29) is 11.6 Å². The highest BCUT2D eigenvalue weighted by Crippen LogP contribution is 2.35. The van der Waals surface area contributed by atoms with Crippen molar-refractivity contribution in [3.63, 3.8) is 0 Å². The molecule has 0 fully saturated rings. The van der Waals surface area contributed by atoms with Crippen LogP contribution in [-0.2, 0) is 13.0 Å². The van der Waals surface area contributed by atoms with Crippen LogP contribution in [0, 0.1) is 5.82 Å². The van der Waals surface area contributed by atoms with Gasteiger partial charge in [-0.05, 0) is 56.3 Å². The first kappa shape index (κ1) is 22.6. The van der Waals surface area contributed by atoms with E-state index < -0.39 is 5.82 Å². The summed E-state index contributed by atoms with van der Waals surface area (Å²) in [7, 11) is 2.15. The number of anilines is 1. The van der Waals surface area contributed by atoms with Gasteiger partial charge in [-0.1, -0.05) is 30.3 Å². The Kier molecular flexibility index (Phi) is 6.79. The Labute approximate surface area is 192 Å². The number of nitrogens with zero attached hydrogens (tertiary/aromatic N) is 3. The molecule has 7 heteroatoms. The Balaban J connectivity index is 0.000000185. The van der Waals surface area contributed by atoms with Gasteiger partial charge in [0, 0.05) is 42.5 Å². The van der Waals surface area contributed by atoms with Gasteiger partial charge in [-0.25, -0.2) is 9.49 Å². The molecular formula is C26H28FN5O. The third kappa shape index (κ3) is 5.26. The monoisotopic (exact) mass is 445 g/mol. The van der Waals surface area contributed by atoms with Crippen molar-refractivity contribution in [3.05, 3.63) is 100.0 Å². The van der Waals surface area contributed by atoms with E-state index in [4.69, 9.17) is 0 Å². The van der Waals surface area contributed by atoms with E-state index >= 15 is 0 Å². The standard InChI is InChI=1S/C15H11FN4O.C11H17N/c16-9-5-10-14-12(6-9)18-11(8-1-3-17-4-2-8)7-13(14)19-20-15(10)21;1-10(2)12(3)9-11-7-5-4-6-8-11/h1-6,11,18H,7H2,(H,20,21);4-8,10H,9H2,1-3H3. The summed E-state index contributed by atoms with van der Waals surface area (Å²) in [4.78, 5) is 18.1. The number of nitrogens with one attached hydrogen (secondary N) is 2. The number of benzene rings is 2. The molecule has 0 saturated carbocycles. The molecule has 3 heterocycles. The lowest BCUT2D eigenvalue weighted by atomic mass is 9.94. The number of pyridine rings is 1. The molecule has 0 saturated heterocycles. The maximum absolute atomic E-state index is 13.7. The van der Waals surface area contributed by atoms with Crippen LogP contribution in [0.2, 0.25) is 0 Å². The fourth-order valence-electron chi connectivity index (χ4n) is 3.88. The molecule has 0 bridgehead atoms. The minimum atomic E-state index is -0.442. The molecule has 0 amide bonds. The van der Waals surface area contributed by atoms with Crippen LogP contribution in [0.1, 0.15) is 36.7 Å². The minimum absolute atomic E-state index is 0.0242. The Morgan fingerprint density at radius 2 is 1.85 bits per heavy atom. The number of hydrogen-bond donors (Lipinski definition) is 2. The summed E-state index contributed by atoms with van der Waals surface area (Å²) in [5.41, 5.74) is 3.42. The van der Waals surface area contributed by atoms with E-state index in [2.05, 4.69) is 76.6 Å². The van der Waals surface area contributed by atoms with Crippen LogP contribution in [0.5, 0.6) is 0 Å². The van der Waals surface area contributed by atoms with Crippen LogP contribution in [0.25, 0.3) is 10.8 Å². The lowest BCUT2D eigenvalue weighted by Crippen LogP contribution is -2.25. The molecule has 0 aliphatic carbocycles. The smallest absolute Gasteiger partial charge is 0.272 e. The fourth-order valence-corrected chi connectivity index (χ4v) is 3.88. The number of H-pyrrole nitrogens is 1. The van der Waals surface area contributed by atoms with E-state index in [0.29, 0.717) is 28.9 Å². The topological polar surface area (TPSA) is 73.9 Å². The number of halogens is 1. The Morgan fingerprint density at radius 1 is 1.12 bits per heavy atom. The molecule has 2 N–H and O–H groups in total. The summed E-state index contributed by atoms with van der Waals surface area (Å²) in [6, 6.07) is 17.6. The van der Waals surface area contributed by atoms with Crippen molar-refractivity contribution in [1.82, 2.24) is 20.1 Å². The highest BCUT2D eigenvalue weighted by atomic mass is 19.1. The van der Waals surface area contributed by atoms with E-state index in [0.717, 1.165) is 17.8 Å². The van der Waals surface area contributed by atoms with E-state index in [1.165, 1.54) is 17.7 Å². The summed E-state index contributed by atoms with van der Waals surface area (Å²) in [6.07, 6.45) is 4.05. The maximum atomic E-state index is 13.7. The van der Waals surface area contributed by atoms with Gasteiger partial charge in [0.1, 0.15) is 5.82 Å². The van der Waals surface area contributed by atoms with Gasteiger partial charge in [-0.2, -0.15) is 5.10 Å². The molecule has 1 unspecified atom stereocenters. The SMILES string of the molecule is CC(C)N(C)Cc1ccccc1.O=c1[nH]nc2c3c(cc(F)cc13)NC(c1ccncc1)C2. The first-order chi connectivity index (χ1) is 15.9. The minimum Gasteiger partial charge on any atom is -0.377 e. The van der Waals surface area contributed by atoms with Gasteiger partial charge in [-0.3, -0.25) is 14.7 Å². The third-order valence-corrected chi connectivity index (χ3v) is 5.92. The fraction of sp³-hybridized carbons (Fsp3) is 0.269. The molecule has 0 spiro atoms. The van der Waals surface area contributed by atoms with Gasteiger partial charge in [0.05, 0.1) is 17.1 Å². The first-order valence-electron chi connectivity index (χ1n) is 11.0. The molecule has 1 aliphatic heterocycles. The molecule has 33 heavy (non-hydrogen) atoms. The second-order valence-corrected chi connectivity index (χ2v) is 8.55. The number of aromatic amines is 1. The van der Waals surface area contributed by atoms with Crippen molar-refractivity contribution in [2.45, 2.75) is 38.9 Å². The normalized spacial score (nSPS) is 14.7. The average molecular weight is 446 g/mol. The van der Waals surface area contributed by atoms with Crippen LogP contribution in [0.15, 0.2) is 71.8 Å². The Hall–Kier alpha value is -3.58. The second-order valence-electron chi connectivity index (χ2n) is 8.55. The van der Waals surface area contributed by atoms with Crippen molar-refractivity contribution in [1.29, 1.82) is 0 Å². The summed E-state index contributed by atoms with van der Waals surface area (Å²) in [6.45, 7) is 5.46. The van der Waals surface area contributed by atoms with Gasteiger partial charge in [0.15, 0.2) is 0 Å². The Bertz CT molecular complexity index is 1270. The van der Waals surface area contributed by atoms with Gasteiger partial charge >= 0.3 is 0 Å². The highest BCUT2D eigenvalue weighted by Gasteiger charge is 2.24. The Morgan fingerprint density at radius 3 is 2.55 bits per heavy atom. The van der Waals surface area contributed by atoms with E-state index in [1.807, 2.05) is 12.1 Å². The van der Waals surface area contributed by atoms with Crippen molar-refractivity contribution in [2.24, 2.45) is 0 Å². The van der Waals surface area contributed by atoms with Crippen LogP contribution >= 0.6 is 0 Å². The molecular weight excluding hydrogens is 417 g/mol. The zero-order valence-electron chi connectivity index (χ0n) is 19.0. The summed E-state index contributed by atoms with van der Waals surface area (Å²) < 4.78 is 13.7. The average Bonchev–Trinajstić information content (AvgIpc) is 2.82. The third-order valence-electron chi connectivity index (χ3n) is 5.92. The van der Waals surface area contributed by atoms with Crippen LogP contribution in [0.4, 0.5) is 10.1 Å². The largest absolute Gasteiger partial charge is 0.377 e. The zero-order chi connectivity index (χ0) is 23.4. The quantitative estimate of drug-likeness (QED) is 0.477. The predicted octanol–water partition coefficient (Wildman–Crippen LogP) is 4.69. The van der Waals surface area contributed by atoms with Gasteiger partial charge < -0.3 is 5.32 Å². The highest BCUT2D eigenvalue weighted by molar-refractivity contribution is 5.96. The first-order valence-corrected chi connectivity index (χ1v) is 11.0. The van der Waals surface area contributed by atoms with Crippen molar-refractivity contribution in [2.75, 3.05) is 12.4 Å². The van der Waals surface area contributed by atoms with Crippen LogP contribution < -0.4 is 10.9 Å². The van der Waals surface area contributed by atoms with Crippen molar-refractivity contribution < 1.29 is 4.39 Å². The summed E-state index contributed by atoms with van der Waals surface area (Å²) in [5.74, 6) is -0.442. The summed E-state index contributed by atoms with van der Waals surface area (Å²) in [5, 5.41) is 10.9. The molecule has 4 aromatic rings. The molecule has 6 nitrogen and oxygen atoms in total. The van der Waals surface area contributed by atoms with E-state index in [1.54, 1.807) is 12.4 Å². The number of hydrogen-bond acceptors (Lipinski definition) is 5. The second kappa shape index (κ2) is 9.92. The number of rotatable bonds is 4. The molecule has 2 aromatic carbocycles. The number of aromatic nitrogens is 3. The zero-order valence-corrected chi connectivity index (χ0v) is 19.0. The lowest BCUT2D eigenvalue weighted by Gasteiger charge is -2.26. The summed E-state index contributed by atoms with van der Waals surface area (Å²) >= 11 is 0. The van der Waals surface area contributed by atoms with Gasteiger partial charge in [0.25, 0.3) is 5.56 Å². The van der Waals surface area contributed by atoms with Gasteiger partial charge in [-0.15, -0.1) is 0 Å². The van der Waals surface area contributed by atoms with Crippen molar-refractivity contribution >= 4 is 16.5 Å². The lowest BCUT2D eigenvalue weighted by molar-refractivity contribution is 0.266. The maximum Gasteiger partial charge on any atom is 0.272 e. The van der Waals surface area contributed by atoms with Crippen molar-refractivity contribution in [3.8, 4) is 0 Å². The molecule has 2 aromatic heterocycles. The van der Waals surface area contributed by atoms with Gasteiger partial charge in [0.2, 0.25) is 0 Å². The molecule has 0 radical (unpaired) electrons. The van der Waals surface area contributed by atoms with Crippen LogP contribution in [-0.4, -0.2) is 33.2 Å². The van der Waals surface area contributed by atoms with Crippen LogP contribution in [0.3, 0.4) is 0 Å². The van der Waals surface area contributed by atoms with E-state index in [9.17, 15) is 9.18 Å². The molecule has 170 valence electrons. The predicted molar refractivity (Wildman–Crippen MR) is 130 cm³/mol. The molecule has 1 atom stereocenters. The molecule has 5 rings (SSSR count).